The third-order valence-corrected chi connectivity index (χ3v) is 8.32. The van der Waals surface area contributed by atoms with E-state index in [-0.39, 0.29) is 11.6 Å². The molecule has 47 heavy (non-hydrogen) atoms. The molecule has 5 aromatic carbocycles. The van der Waals surface area contributed by atoms with E-state index in [0.29, 0.717) is 38.3 Å². The van der Waals surface area contributed by atoms with Crippen LogP contribution in [0.2, 0.25) is 10.0 Å². The summed E-state index contributed by atoms with van der Waals surface area (Å²) >= 11 is 13.7. The number of halogens is 2. The first kappa shape index (κ1) is 33.3. The SMILES string of the molecule is CC(Sc1cccc(NC(=O)/C(=C\c2ccc(Cl)cc2Cl)NC(=O)c2ccccc2)c1)C(=O)Nc1ccc(Oc2ccccc2)cc1. The molecule has 0 fully saturated rings. The minimum absolute atomic E-state index is 0.0194. The van der Waals surface area contributed by atoms with Crippen molar-refractivity contribution in [3.63, 3.8) is 0 Å². The molecule has 1 atom stereocenters. The third-order valence-electron chi connectivity index (χ3n) is 6.67. The number of carbonyl (C=O) groups excluding carboxylic acids is 3. The topological polar surface area (TPSA) is 96.5 Å². The van der Waals surface area contributed by atoms with Crippen molar-refractivity contribution in [3.8, 4) is 11.5 Å². The first-order valence-electron chi connectivity index (χ1n) is 14.5. The number of thioether (sulfide) groups is 1. The molecule has 0 aliphatic carbocycles. The number of rotatable bonds is 11. The van der Waals surface area contributed by atoms with Gasteiger partial charge in [0, 0.05) is 31.9 Å². The monoisotopic (exact) mass is 681 g/mol. The molecule has 0 radical (unpaired) electrons. The van der Waals surface area contributed by atoms with Crippen LogP contribution in [-0.4, -0.2) is 23.0 Å². The second-order valence-electron chi connectivity index (χ2n) is 10.2. The minimum atomic E-state index is -0.562. The van der Waals surface area contributed by atoms with Crippen LogP contribution in [0.25, 0.3) is 6.08 Å². The van der Waals surface area contributed by atoms with E-state index in [0.717, 1.165) is 10.6 Å². The van der Waals surface area contributed by atoms with Crippen molar-refractivity contribution in [2.24, 2.45) is 0 Å². The summed E-state index contributed by atoms with van der Waals surface area (Å²) in [6, 6.07) is 37.1. The predicted molar refractivity (Wildman–Crippen MR) is 190 cm³/mol. The average molecular weight is 683 g/mol. The molecule has 236 valence electrons. The lowest BCUT2D eigenvalue weighted by Gasteiger charge is -2.14. The van der Waals surface area contributed by atoms with E-state index in [2.05, 4.69) is 16.0 Å². The standard InChI is InChI=1S/C37H29Cl2N3O4S/c1-24(35(43)40-28-17-19-31(20-18-28)46-30-12-6-3-7-13-30)47-32-14-8-11-29(23-32)41-37(45)34(21-26-15-16-27(38)22-33(26)39)42-36(44)25-9-4-2-5-10-25/h2-24H,1H3,(H,40,43)(H,41,45)(H,42,44)/b34-21+. The molecular formula is C37H29Cl2N3O4S. The lowest BCUT2D eigenvalue weighted by Crippen LogP contribution is -2.30. The number of hydrogen-bond donors (Lipinski definition) is 3. The van der Waals surface area contributed by atoms with Crippen LogP contribution in [0.3, 0.4) is 0 Å². The van der Waals surface area contributed by atoms with Gasteiger partial charge in [0.25, 0.3) is 11.8 Å². The Bertz CT molecular complexity index is 1900. The third kappa shape index (κ3) is 9.73. The number of benzene rings is 5. The molecule has 3 amide bonds. The molecule has 5 aromatic rings. The van der Waals surface area contributed by atoms with Gasteiger partial charge in [-0.1, -0.05) is 71.7 Å². The summed E-state index contributed by atoms with van der Waals surface area (Å²) in [6.07, 6.45) is 1.49. The predicted octanol–water partition coefficient (Wildman–Crippen LogP) is 9.31. The van der Waals surface area contributed by atoms with E-state index in [1.165, 1.54) is 17.8 Å². The van der Waals surface area contributed by atoms with Gasteiger partial charge in [-0.2, -0.15) is 0 Å². The van der Waals surface area contributed by atoms with Crippen LogP contribution in [0.5, 0.6) is 11.5 Å². The van der Waals surface area contributed by atoms with Crippen molar-refractivity contribution in [2.45, 2.75) is 17.1 Å². The summed E-state index contributed by atoms with van der Waals surface area (Å²) < 4.78 is 5.81. The molecule has 0 heterocycles. The molecule has 0 aliphatic rings. The first-order valence-corrected chi connectivity index (χ1v) is 16.1. The van der Waals surface area contributed by atoms with Crippen LogP contribution in [0, 0.1) is 0 Å². The Morgan fingerprint density at radius 3 is 2.11 bits per heavy atom. The van der Waals surface area contributed by atoms with Crippen LogP contribution < -0.4 is 20.7 Å². The second-order valence-corrected chi connectivity index (χ2v) is 12.5. The maximum absolute atomic E-state index is 13.5. The zero-order chi connectivity index (χ0) is 33.2. The number of amides is 3. The number of ether oxygens (including phenoxy) is 1. The molecule has 7 nitrogen and oxygen atoms in total. The summed E-state index contributed by atoms with van der Waals surface area (Å²) in [4.78, 5) is 40.2. The molecule has 3 N–H and O–H groups in total. The van der Waals surface area contributed by atoms with Crippen molar-refractivity contribution in [1.82, 2.24) is 5.32 Å². The number of anilines is 2. The van der Waals surface area contributed by atoms with Crippen LogP contribution in [0.15, 0.2) is 138 Å². The van der Waals surface area contributed by atoms with E-state index in [1.54, 1.807) is 97.9 Å². The highest BCUT2D eigenvalue weighted by Crippen LogP contribution is 2.28. The normalized spacial score (nSPS) is 11.7. The molecule has 1 unspecified atom stereocenters. The van der Waals surface area contributed by atoms with Crippen molar-refractivity contribution < 1.29 is 19.1 Å². The van der Waals surface area contributed by atoms with Crippen LogP contribution in [0.1, 0.15) is 22.8 Å². The molecule has 0 spiro atoms. The zero-order valence-electron chi connectivity index (χ0n) is 25.1. The van der Waals surface area contributed by atoms with Gasteiger partial charge in [-0.15, -0.1) is 11.8 Å². The van der Waals surface area contributed by atoms with Crippen LogP contribution >= 0.6 is 35.0 Å². The lowest BCUT2D eigenvalue weighted by atomic mass is 10.1. The summed E-state index contributed by atoms with van der Waals surface area (Å²) in [7, 11) is 0. The van der Waals surface area contributed by atoms with E-state index in [4.69, 9.17) is 27.9 Å². The highest BCUT2D eigenvalue weighted by atomic mass is 35.5. The highest BCUT2D eigenvalue weighted by Gasteiger charge is 2.18. The fourth-order valence-corrected chi connectivity index (χ4v) is 5.68. The summed E-state index contributed by atoms with van der Waals surface area (Å²) in [5, 5.41) is 8.77. The Kier molecular flexibility index (Phi) is 11.4. The molecule has 0 saturated heterocycles. The Morgan fingerprint density at radius 1 is 0.723 bits per heavy atom. The largest absolute Gasteiger partial charge is 0.457 e. The Hall–Kier alpha value is -5.02. The van der Waals surface area contributed by atoms with Crippen LogP contribution in [0.4, 0.5) is 11.4 Å². The summed E-state index contributed by atoms with van der Waals surface area (Å²) in [6.45, 7) is 1.80. The molecule has 0 aliphatic heterocycles. The van der Waals surface area contributed by atoms with Crippen molar-refractivity contribution in [1.29, 1.82) is 0 Å². The van der Waals surface area contributed by atoms with E-state index in [9.17, 15) is 14.4 Å². The fourth-order valence-electron chi connectivity index (χ4n) is 4.29. The number of nitrogens with one attached hydrogen (secondary N) is 3. The Labute approximate surface area is 287 Å². The van der Waals surface area contributed by atoms with Gasteiger partial charge in [0.15, 0.2) is 0 Å². The highest BCUT2D eigenvalue weighted by molar-refractivity contribution is 8.00. The summed E-state index contributed by atoms with van der Waals surface area (Å²) in [5.41, 5.74) is 1.98. The van der Waals surface area contributed by atoms with Gasteiger partial charge in [0.05, 0.1) is 5.25 Å². The van der Waals surface area contributed by atoms with E-state index in [1.807, 2.05) is 36.4 Å². The van der Waals surface area contributed by atoms with Crippen molar-refractivity contribution >= 4 is 70.1 Å². The summed E-state index contributed by atoms with van der Waals surface area (Å²) in [5.74, 6) is 0.176. The van der Waals surface area contributed by atoms with E-state index >= 15 is 0 Å². The molecule has 0 saturated carbocycles. The maximum Gasteiger partial charge on any atom is 0.272 e. The molecule has 0 bridgehead atoms. The maximum atomic E-state index is 13.5. The van der Waals surface area contributed by atoms with Crippen molar-refractivity contribution in [2.75, 3.05) is 10.6 Å². The molecule has 0 aromatic heterocycles. The Balaban J connectivity index is 1.24. The zero-order valence-corrected chi connectivity index (χ0v) is 27.4. The van der Waals surface area contributed by atoms with Gasteiger partial charge < -0.3 is 20.7 Å². The van der Waals surface area contributed by atoms with Gasteiger partial charge in [0.2, 0.25) is 5.91 Å². The molecular weight excluding hydrogens is 653 g/mol. The smallest absolute Gasteiger partial charge is 0.272 e. The number of carbonyl (C=O) groups is 3. The van der Waals surface area contributed by atoms with E-state index < -0.39 is 17.1 Å². The van der Waals surface area contributed by atoms with Gasteiger partial charge in [-0.05, 0) is 97.4 Å². The lowest BCUT2D eigenvalue weighted by molar-refractivity contribution is -0.115. The van der Waals surface area contributed by atoms with Gasteiger partial charge in [-0.3, -0.25) is 14.4 Å². The average Bonchev–Trinajstić information content (AvgIpc) is 3.07. The Morgan fingerprint density at radius 2 is 1.40 bits per heavy atom. The number of para-hydroxylation sites is 1. The van der Waals surface area contributed by atoms with Crippen LogP contribution in [-0.2, 0) is 9.59 Å². The van der Waals surface area contributed by atoms with Gasteiger partial charge in [-0.25, -0.2) is 0 Å². The van der Waals surface area contributed by atoms with Gasteiger partial charge in [0.1, 0.15) is 17.2 Å². The molecule has 10 heteroatoms. The quantitative estimate of drug-likeness (QED) is 0.0954. The van der Waals surface area contributed by atoms with Crippen molar-refractivity contribution in [3.05, 3.63) is 154 Å². The second kappa shape index (κ2) is 16.0. The first-order chi connectivity index (χ1) is 22.7. The minimum Gasteiger partial charge on any atom is -0.457 e. The fraction of sp³-hybridized carbons (Fsp3) is 0.0541. The number of hydrogen-bond acceptors (Lipinski definition) is 5. The molecule has 5 rings (SSSR count). The van der Waals surface area contributed by atoms with Gasteiger partial charge >= 0.3 is 0 Å².